The van der Waals surface area contributed by atoms with Crippen LogP contribution in [0, 0.1) is 0 Å². The summed E-state index contributed by atoms with van der Waals surface area (Å²) in [6, 6.07) is 2.62. The van der Waals surface area contributed by atoms with Crippen LogP contribution in [-0.4, -0.2) is 36.7 Å². The summed E-state index contributed by atoms with van der Waals surface area (Å²) in [7, 11) is -6.94. The van der Waals surface area contributed by atoms with Crippen molar-refractivity contribution >= 4 is 10.1 Å². The number of hydrogen-bond acceptors (Lipinski definition) is 4. The van der Waals surface area contributed by atoms with E-state index < -0.39 is 39.3 Å². The van der Waals surface area contributed by atoms with Gasteiger partial charge in [0.15, 0.2) is 0 Å². The maximum Gasteiger partial charge on any atom is 0.460 e. The van der Waals surface area contributed by atoms with Crippen molar-refractivity contribution in [2.75, 3.05) is 0 Å². The molecule has 132 valence electrons. The van der Waals surface area contributed by atoms with Crippen molar-refractivity contribution in [1.29, 1.82) is 0 Å². The second-order valence-corrected chi connectivity index (χ2v) is 5.46. The molecule has 1 heterocycles. The molecule has 0 unspecified atom stereocenters. The zero-order valence-corrected chi connectivity index (χ0v) is 11.1. The molecule has 0 bridgehead atoms. The van der Waals surface area contributed by atoms with Crippen molar-refractivity contribution in [3.63, 3.8) is 0 Å². The number of halogens is 9. The Labute approximate surface area is 122 Å². The van der Waals surface area contributed by atoms with E-state index in [2.05, 4.69) is 9.17 Å². The van der Waals surface area contributed by atoms with Crippen LogP contribution in [0.15, 0.2) is 24.4 Å². The fourth-order valence-corrected chi connectivity index (χ4v) is 1.95. The van der Waals surface area contributed by atoms with Crippen LogP contribution in [-0.2, 0) is 10.1 Å². The third-order valence-electron chi connectivity index (χ3n) is 2.26. The molecule has 14 heteroatoms. The van der Waals surface area contributed by atoms with Gasteiger partial charge in [0.25, 0.3) is 0 Å². The van der Waals surface area contributed by atoms with E-state index in [4.69, 9.17) is 0 Å². The van der Waals surface area contributed by atoms with Crippen LogP contribution in [0.1, 0.15) is 0 Å². The molecule has 1 aromatic heterocycles. The van der Waals surface area contributed by atoms with Crippen LogP contribution in [0.3, 0.4) is 0 Å². The second kappa shape index (κ2) is 5.42. The Kier molecular flexibility index (Phi) is 4.55. The second-order valence-electron chi connectivity index (χ2n) is 3.87. The Bertz CT molecular complexity index is 657. The molecule has 0 aromatic carbocycles. The Morgan fingerprint density at radius 2 is 1.39 bits per heavy atom. The van der Waals surface area contributed by atoms with Crippen molar-refractivity contribution in [1.82, 2.24) is 4.98 Å². The third kappa shape index (κ3) is 3.03. The summed E-state index contributed by atoms with van der Waals surface area (Å²) in [6.45, 7) is 0. The molecule has 0 aliphatic carbocycles. The van der Waals surface area contributed by atoms with E-state index in [1.807, 2.05) is 0 Å². The molecule has 1 rings (SSSR count). The van der Waals surface area contributed by atoms with Gasteiger partial charge in [-0.2, -0.15) is 47.9 Å². The summed E-state index contributed by atoms with van der Waals surface area (Å²) in [6.07, 6.45) is -6.38. The first-order valence-corrected chi connectivity index (χ1v) is 6.54. The predicted octanol–water partition coefficient (Wildman–Crippen LogP) is 3.22. The maximum atomic E-state index is 13.2. The Morgan fingerprint density at radius 1 is 0.870 bits per heavy atom. The van der Waals surface area contributed by atoms with Crippen LogP contribution in [0.25, 0.3) is 0 Å². The number of pyridine rings is 1. The fourth-order valence-electron chi connectivity index (χ4n) is 1.08. The van der Waals surface area contributed by atoms with Gasteiger partial charge < -0.3 is 4.18 Å². The Morgan fingerprint density at radius 3 is 1.78 bits per heavy atom. The normalized spacial score (nSPS) is 14.7. The van der Waals surface area contributed by atoms with Gasteiger partial charge in [-0.3, -0.25) is 0 Å². The minimum Gasteiger partial charge on any atom is -0.357 e. The lowest BCUT2D eigenvalue weighted by Crippen LogP contribution is -2.63. The molecule has 0 saturated carbocycles. The quantitative estimate of drug-likeness (QED) is 0.584. The van der Waals surface area contributed by atoms with Crippen molar-refractivity contribution in [2.45, 2.75) is 23.3 Å². The van der Waals surface area contributed by atoms with E-state index in [9.17, 15) is 47.9 Å². The SMILES string of the molecule is O=S(=O)(Oc1ccccn1)C(F)(F)C(F)(F)C(F)(F)C(F)(F)F. The van der Waals surface area contributed by atoms with Crippen LogP contribution in [0.4, 0.5) is 39.5 Å². The zero-order chi connectivity index (χ0) is 18.3. The molecule has 0 fully saturated rings. The molecule has 0 aliphatic rings. The van der Waals surface area contributed by atoms with Crippen LogP contribution in [0.5, 0.6) is 5.88 Å². The van der Waals surface area contributed by atoms with Crippen LogP contribution < -0.4 is 4.18 Å². The first kappa shape index (κ1) is 19.3. The van der Waals surface area contributed by atoms with Crippen LogP contribution in [0.2, 0.25) is 0 Å². The van der Waals surface area contributed by atoms with Gasteiger partial charge in [0.2, 0.25) is 5.88 Å². The predicted molar refractivity (Wildman–Crippen MR) is 54.7 cm³/mol. The minimum atomic E-state index is -7.34. The fraction of sp³-hybridized carbons (Fsp3) is 0.444. The van der Waals surface area contributed by atoms with Crippen molar-refractivity contribution in [2.24, 2.45) is 0 Å². The lowest BCUT2D eigenvalue weighted by Gasteiger charge is -2.32. The molecule has 0 spiro atoms. The molecule has 0 radical (unpaired) electrons. The number of rotatable bonds is 5. The van der Waals surface area contributed by atoms with Gasteiger partial charge in [-0.05, 0) is 6.07 Å². The van der Waals surface area contributed by atoms with E-state index >= 15 is 0 Å². The average Bonchev–Trinajstić information content (AvgIpc) is 2.37. The largest absolute Gasteiger partial charge is 0.460 e. The lowest BCUT2D eigenvalue weighted by molar-refractivity contribution is -0.382. The van der Waals surface area contributed by atoms with Crippen molar-refractivity contribution in [3.8, 4) is 5.88 Å². The average molecular weight is 377 g/mol. The van der Waals surface area contributed by atoms with Crippen molar-refractivity contribution < 1.29 is 52.1 Å². The molecular weight excluding hydrogens is 373 g/mol. The highest BCUT2D eigenvalue weighted by Crippen LogP contribution is 2.54. The van der Waals surface area contributed by atoms with Gasteiger partial charge >= 0.3 is 33.4 Å². The molecule has 0 saturated heterocycles. The molecule has 1 aromatic rings. The van der Waals surface area contributed by atoms with E-state index in [0.29, 0.717) is 6.07 Å². The number of aromatic nitrogens is 1. The summed E-state index contributed by atoms with van der Waals surface area (Å²) >= 11 is 0. The standard InChI is InChI=1S/C9H4F9NO3S/c10-6(11,8(14,15)16)7(12,13)9(17,18)23(20,21)22-5-3-1-2-4-19-5/h1-4H. The molecule has 4 nitrogen and oxygen atoms in total. The third-order valence-corrected chi connectivity index (χ3v) is 3.54. The van der Waals surface area contributed by atoms with Gasteiger partial charge in [0.05, 0.1) is 0 Å². The number of alkyl halides is 9. The Balaban J connectivity index is 3.33. The van der Waals surface area contributed by atoms with Gasteiger partial charge in [0.1, 0.15) is 0 Å². The summed E-state index contributed by atoms with van der Waals surface area (Å²) in [5.41, 5.74) is 0. The maximum absolute atomic E-state index is 13.2. The molecule has 0 atom stereocenters. The van der Waals surface area contributed by atoms with E-state index in [-0.39, 0.29) is 0 Å². The first-order valence-electron chi connectivity index (χ1n) is 5.13. The summed E-state index contributed by atoms with van der Waals surface area (Å²) in [5.74, 6) is -15.9. The van der Waals surface area contributed by atoms with Crippen LogP contribution >= 0.6 is 0 Å². The number of hydrogen-bond donors (Lipinski definition) is 0. The monoisotopic (exact) mass is 377 g/mol. The van der Waals surface area contributed by atoms with E-state index in [1.165, 1.54) is 0 Å². The minimum absolute atomic E-state index is 0.563. The molecule has 23 heavy (non-hydrogen) atoms. The zero-order valence-electron chi connectivity index (χ0n) is 10.3. The molecule has 0 aliphatic heterocycles. The van der Waals surface area contributed by atoms with Crippen molar-refractivity contribution in [3.05, 3.63) is 24.4 Å². The highest BCUT2D eigenvalue weighted by Gasteiger charge is 2.86. The molecule has 0 amide bonds. The summed E-state index contributed by atoms with van der Waals surface area (Å²) in [4.78, 5) is 2.98. The first-order chi connectivity index (χ1) is 10.1. The topological polar surface area (TPSA) is 56.3 Å². The van der Waals surface area contributed by atoms with Gasteiger partial charge in [-0.25, -0.2) is 4.98 Å². The lowest BCUT2D eigenvalue weighted by atomic mass is 10.1. The summed E-state index contributed by atoms with van der Waals surface area (Å²) < 4.78 is 139. The highest BCUT2D eigenvalue weighted by atomic mass is 32.2. The molecular formula is C9H4F9NO3S. The van der Waals surface area contributed by atoms with E-state index in [0.717, 1.165) is 18.3 Å². The van der Waals surface area contributed by atoms with Gasteiger partial charge in [-0.15, -0.1) is 0 Å². The highest BCUT2D eigenvalue weighted by molar-refractivity contribution is 7.88. The van der Waals surface area contributed by atoms with E-state index in [1.54, 1.807) is 0 Å². The summed E-state index contributed by atoms with van der Waals surface area (Å²) in [5, 5.41) is -6.91. The van der Waals surface area contributed by atoms with Gasteiger partial charge in [-0.1, -0.05) is 6.07 Å². The van der Waals surface area contributed by atoms with Gasteiger partial charge in [0, 0.05) is 12.3 Å². The number of nitrogens with zero attached hydrogens (tertiary/aromatic N) is 1. The smallest absolute Gasteiger partial charge is 0.357 e. The Hall–Kier alpha value is -1.73. The molecule has 0 N–H and O–H groups in total.